The van der Waals surface area contributed by atoms with E-state index in [-0.39, 0.29) is 18.1 Å². The average Bonchev–Trinajstić information content (AvgIpc) is 2.45. The monoisotopic (exact) mass is 297 g/mol. The number of hydrogen-bond donors (Lipinski definition) is 1. The fourth-order valence-corrected chi connectivity index (χ4v) is 3.89. The smallest absolute Gasteiger partial charge is 0.324 e. The van der Waals surface area contributed by atoms with E-state index in [4.69, 9.17) is 4.74 Å². The molecule has 0 bridgehead atoms. The third kappa shape index (κ3) is 4.41. The van der Waals surface area contributed by atoms with Gasteiger partial charge in [-0.1, -0.05) is 13.8 Å². The summed E-state index contributed by atoms with van der Waals surface area (Å²) in [4.78, 5) is 16.9. The van der Waals surface area contributed by atoms with Crippen LogP contribution in [0.5, 0.6) is 0 Å². The third-order valence-electron chi connectivity index (χ3n) is 4.89. The average molecular weight is 297 g/mol. The van der Waals surface area contributed by atoms with Crippen molar-refractivity contribution in [3.63, 3.8) is 0 Å². The summed E-state index contributed by atoms with van der Waals surface area (Å²) in [5.74, 6) is 0.612. The number of nitrogens with zero attached hydrogens (tertiary/aromatic N) is 2. The second-order valence-electron chi connectivity index (χ2n) is 6.90. The van der Waals surface area contributed by atoms with Crippen LogP contribution in [0.1, 0.15) is 33.1 Å². The lowest BCUT2D eigenvalue weighted by Crippen LogP contribution is -2.56. The molecule has 0 radical (unpaired) electrons. The number of methoxy groups -OCH3 is 1. The van der Waals surface area contributed by atoms with E-state index in [2.05, 4.69) is 36.0 Å². The Bertz CT molecular complexity index is 348. The van der Waals surface area contributed by atoms with E-state index in [1.807, 2.05) is 0 Å². The van der Waals surface area contributed by atoms with Crippen LogP contribution in [0.15, 0.2) is 0 Å². The van der Waals surface area contributed by atoms with Crippen LogP contribution in [0, 0.1) is 5.92 Å². The number of rotatable bonds is 5. The van der Waals surface area contributed by atoms with Crippen molar-refractivity contribution in [2.24, 2.45) is 5.92 Å². The summed E-state index contributed by atoms with van der Waals surface area (Å²) in [5.41, 5.74) is 0. The lowest BCUT2D eigenvalue weighted by atomic mass is 9.84. The molecule has 0 aromatic carbocycles. The number of nitrogens with one attached hydrogen (secondary N) is 1. The van der Waals surface area contributed by atoms with Gasteiger partial charge < -0.3 is 19.9 Å². The van der Waals surface area contributed by atoms with Crippen LogP contribution >= 0.6 is 0 Å². The number of carbonyl (C=O) groups excluding carboxylic acids is 1. The summed E-state index contributed by atoms with van der Waals surface area (Å²) >= 11 is 0. The Morgan fingerprint density at radius 2 is 2.10 bits per heavy atom. The van der Waals surface area contributed by atoms with Gasteiger partial charge in [-0.2, -0.15) is 0 Å². The molecule has 0 amide bonds. The van der Waals surface area contributed by atoms with Crippen LogP contribution in [-0.2, 0) is 9.53 Å². The van der Waals surface area contributed by atoms with E-state index < -0.39 is 0 Å². The zero-order valence-corrected chi connectivity index (χ0v) is 14.0. The van der Waals surface area contributed by atoms with Crippen molar-refractivity contribution in [3.05, 3.63) is 0 Å². The van der Waals surface area contributed by atoms with E-state index in [9.17, 15) is 4.79 Å². The quantitative estimate of drug-likeness (QED) is 0.765. The van der Waals surface area contributed by atoms with Gasteiger partial charge in [-0.15, -0.1) is 0 Å². The van der Waals surface area contributed by atoms with Crippen molar-refractivity contribution in [1.82, 2.24) is 15.1 Å². The minimum absolute atomic E-state index is 0.147. The zero-order valence-electron chi connectivity index (χ0n) is 14.0. The Morgan fingerprint density at radius 3 is 2.76 bits per heavy atom. The summed E-state index contributed by atoms with van der Waals surface area (Å²) < 4.78 is 4.94. The minimum atomic E-state index is -0.215. The molecule has 0 saturated carbocycles. The van der Waals surface area contributed by atoms with Crippen LogP contribution in [0.2, 0.25) is 0 Å². The van der Waals surface area contributed by atoms with E-state index >= 15 is 0 Å². The number of hydrogen-bond acceptors (Lipinski definition) is 5. The molecule has 5 nitrogen and oxygen atoms in total. The van der Waals surface area contributed by atoms with Crippen LogP contribution in [-0.4, -0.2) is 74.2 Å². The molecular formula is C16H31N3O2. The molecule has 0 aromatic rings. The fourth-order valence-electron chi connectivity index (χ4n) is 3.89. The molecule has 5 heteroatoms. The minimum Gasteiger partial charge on any atom is -0.468 e. The summed E-state index contributed by atoms with van der Waals surface area (Å²) in [7, 11) is 3.73. The number of piperidine rings is 2. The van der Waals surface area contributed by atoms with Crippen molar-refractivity contribution in [3.8, 4) is 0 Å². The van der Waals surface area contributed by atoms with Crippen molar-refractivity contribution in [1.29, 1.82) is 0 Å². The molecule has 3 unspecified atom stereocenters. The number of carbonyl (C=O) groups is 1. The Labute approximate surface area is 129 Å². The molecule has 0 spiro atoms. The lowest BCUT2D eigenvalue weighted by molar-refractivity contribution is -0.144. The number of likely N-dealkylation sites (tertiary alicyclic amines) is 2. The van der Waals surface area contributed by atoms with Gasteiger partial charge in [-0.3, -0.25) is 4.79 Å². The summed E-state index contributed by atoms with van der Waals surface area (Å²) in [5, 5.41) is 3.33. The van der Waals surface area contributed by atoms with Gasteiger partial charge in [0.15, 0.2) is 0 Å². The van der Waals surface area contributed by atoms with Crippen LogP contribution in [0.25, 0.3) is 0 Å². The molecule has 2 heterocycles. The van der Waals surface area contributed by atoms with Gasteiger partial charge >= 0.3 is 5.97 Å². The number of ether oxygens (including phenoxy) is 1. The summed E-state index contributed by atoms with van der Waals surface area (Å²) in [6.45, 7) is 8.33. The Kier molecular flexibility index (Phi) is 6.02. The topological polar surface area (TPSA) is 44.8 Å². The predicted molar refractivity (Wildman–Crippen MR) is 84.3 cm³/mol. The first-order valence-electron chi connectivity index (χ1n) is 8.27. The molecule has 2 saturated heterocycles. The SMILES string of the molecule is COC(=O)C(CN1CCC2C(CCCN2C)C1)NC(C)C. The zero-order chi connectivity index (χ0) is 15.4. The highest BCUT2D eigenvalue weighted by Gasteiger charge is 2.35. The second kappa shape index (κ2) is 7.56. The van der Waals surface area contributed by atoms with E-state index in [0.717, 1.165) is 31.6 Å². The molecular weight excluding hydrogens is 266 g/mol. The molecule has 21 heavy (non-hydrogen) atoms. The summed E-state index contributed by atoms with van der Waals surface area (Å²) in [6, 6.07) is 0.810. The second-order valence-corrected chi connectivity index (χ2v) is 6.90. The Hall–Kier alpha value is -0.650. The molecule has 0 aliphatic carbocycles. The van der Waals surface area contributed by atoms with E-state index in [0.29, 0.717) is 0 Å². The molecule has 0 aromatic heterocycles. The largest absolute Gasteiger partial charge is 0.468 e. The van der Waals surface area contributed by atoms with Gasteiger partial charge in [-0.05, 0) is 45.3 Å². The number of esters is 1. The molecule has 2 fully saturated rings. The van der Waals surface area contributed by atoms with Gasteiger partial charge in [0, 0.05) is 25.2 Å². The van der Waals surface area contributed by atoms with Crippen LogP contribution in [0.3, 0.4) is 0 Å². The van der Waals surface area contributed by atoms with Gasteiger partial charge in [0.25, 0.3) is 0 Å². The summed E-state index contributed by atoms with van der Waals surface area (Å²) in [6.07, 6.45) is 3.85. The predicted octanol–water partition coefficient (Wildman–Crippen LogP) is 0.942. The van der Waals surface area contributed by atoms with E-state index in [1.165, 1.54) is 32.9 Å². The maximum absolute atomic E-state index is 11.9. The maximum Gasteiger partial charge on any atom is 0.324 e. The molecule has 2 rings (SSSR count). The fraction of sp³-hybridized carbons (Fsp3) is 0.938. The molecule has 2 aliphatic heterocycles. The van der Waals surface area contributed by atoms with Gasteiger partial charge in [-0.25, -0.2) is 0 Å². The lowest BCUT2D eigenvalue weighted by Gasteiger charge is -2.46. The van der Waals surface area contributed by atoms with Crippen molar-refractivity contribution in [2.75, 3.05) is 40.3 Å². The number of fused-ring (bicyclic) bond motifs is 1. The Morgan fingerprint density at radius 1 is 1.33 bits per heavy atom. The first-order chi connectivity index (χ1) is 10.0. The van der Waals surface area contributed by atoms with E-state index in [1.54, 1.807) is 0 Å². The maximum atomic E-state index is 11.9. The molecule has 122 valence electrons. The highest BCUT2D eigenvalue weighted by Crippen LogP contribution is 2.29. The molecule has 3 atom stereocenters. The van der Waals surface area contributed by atoms with Gasteiger partial charge in [0.05, 0.1) is 7.11 Å². The highest BCUT2D eigenvalue weighted by molar-refractivity contribution is 5.76. The third-order valence-corrected chi connectivity index (χ3v) is 4.89. The Balaban J connectivity index is 1.91. The molecule has 2 aliphatic rings. The van der Waals surface area contributed by atoms with Crippen molar-refractivity contribution >= 4 is 5.97 Å². The van der Waals surface area contributed by atoms with Gasteiger partial charge in [0.1, 0.15) is 6.04 Å². The van der Waals surface area contributed by atoms with Crippen molar-refractivity contribution in [2.45, 2.75) is 51.2 Å². The van der Waals surface area contributed by atoms with Crippen molar-refractivity contribution < 1.29 is 9.53 Å². The highest BCUT2D eigenvalue weighted by atomic mass is 16.5. The first kappa shape index (κ1) is 16.7. The molecule has 1 N–H and O–H groups in total. The van der Waals surface area contributed by atoms with Crippen LogP contribution < -0.4 is 5.32 Å². The van der Waals surface area contributed by atoms with Crippen LogP contribution in [0.4, 0.5) is 0 Å². The normalized spacial score (nSPS) is 29.2. The first-order valence-corrected chi connectivity index (χ1v) is 8.27. The van der Waals surface area contributed by atoms with Gasteiger partial charge in [0.2, 0.25) is 0 Å². The standard InChI is InChI=1S/C16H31N3O2/c1-12(2)17-14(16(20)21-4)11-19-9-7-15-13(10-19)6-5-8-18(15)3/h12-15,17H,5-11H2,1-4H3.